The van der Waals surface area contributed by atoms with Gasteiger partial charge in [-0.05, 0) is 36.6 Å². The van der Waals surface area contributed by atoms with Crippen LogP contribution in [0.3, 0.4) is 0 Å². The first-order valence-electron chi connectivity index (χ1n) is 12.2. The molecule has 1 heterocycles. The van der Waals surface area contributed by atoms with Crippen LogP contribution in [-0.4, -0.2) is 69.4 Å². The Labute approximate surface area is 226 Å². The van der Waals surface area contributed by atoms with E-state index in [4.69, 9.17) is 28.7 Å². The molecule has 2 aromatic carbocycles. The fraction of sp³-hybridized carbons (Fsp3) is 0.444. The van der Waals surface area contributed by atoms with Crippen molar-refractivity contribution in [1.29, 1.82) is 0 Å². The molecule has 0 aliphatic carbocycles. The van der Waals surface area contributed by atoms with E-state index < -0.39 is 5.25 Å². The number of hydrogen-bond acceptors (Lipinski definition) is 9. The van der Waals surface area contributed by atoms with Gasteiger partial charge in [0.15, 0.2) is 28.2 Å². The molecule has 0 saturated heterocycles. The molecule has 11 heteroatoms. The summed E-state index contributed by atoms with van der Waals surface area (Å²) in [5.41, 5.74) is 1.20. The van der Waals surface area contributed by atoms with Gasteiger partial charge in [0.1, 0.15) is 0 Å². The number of fused-ring (bicyclic) bond motifs is 1. The lowest BCUT2D eigenvalue weighted by Crippen LogP contribution is -2.35. The third-order valence-electron chi connectivity index (χ3n) is 6.01. The maximum Gasteiger partial charge on any atom is 0.262 e. The summed E-state index contributed by atoms with van der Waals surface area (Å²) >= 11 is 1.26. The molecule has 1 atom stereocenters. The number of benzene rings is 2. The number of aryl methyl sites for hydroxylation is 1. The first kappa shape index (κ1) is 29.1. The van der Waals surface area contributed by atoms with Gasteiger partial charge in [0.2, 0.25) is 5.91 Å². The first-order chi connectivity index (χ1) is 18.4. The summed E-state index contributed by atoms with van der Waals surface area (Å²) in [6, 6.07) is 8.97. The molecular formula is C27H35N3O7S. The van der Waals surface area contributed by atoms with Crippen LogP contribution in [0.4, 0.5) is 0 Å². The summed E-state index contributed by atoms with van der Waals surface area (Å²) in [6.07, 6.45) is 1.09. The minimum Gasteiger partial charge on any atom is -0.493 e. The van der Waals surface area contributed by atoms with E-state index in [1.807, 2.05) is 25.1 Å². The van der Waals surface area contributed by atoms with Gasteiger partial charge in [-0.2, -0.15) is 0 Å². The van der Waals surface area contributed by atoms with Crippen LogP contribution in [-0.2, 0) is 22.5 Å². The van der Waals surface area contributed by atoms with E-state index in [1.165, 1.54) is 26.0 Å². The second kappa shape index (κ2) is 13.9. The Balaban J connectivity index is 2.04. The normalized spacial score (nSPS) is 11.7. The second-order valence-electron chi connectivity index (χ2n) is 8.31. The van der Waals surface area contributed by atoms with Crippen LogP contribution in [0.5, 0.6) is 23.0 Å². The van der Waals surface area contributed by atoms with Crippen molar-refractivity contribution in [2.24, 2.45) is 0 Å². The maximum atomic E-state index is 13.8. The van der Waals surface area contributed by atoms with Crippen LogP contribution in [0.25, 0.3) is 10.9 Å². The molecule has 3 rings (SSSR count). The van der Waals surface area contributed by atoms with Crippen LogP contribution in [0, 0.1) is 0 Å². The van der Waals surface area contributed by atoms with Crippen molar-refractivity contribution in [3.63, 3.8) is 0 Å². The number of carbonyl (C=O) groups is 1. The fourth-order valence-electron chi connectivity index (χ4n) is 3.93. The van der Waals surface area contributed by atoms with Crippen LogP contribution >= 0.6 is 11.8 Å². The molecule has 0 aliphatic rings. The average Bonchev–Trinajstić information content (AvgIpc) is 2.94. The van der Waals surface area contributed by atoms with Crippen molar-refractivity contribution < 1.29 is 28.5 Å². The molecule has 10 nitrogen and oxygen atoms in total. The highest BCUT2D eigenvalue weighted by molar-refractivity contribution is 8.00. The lowest BCUT2D eigenvalue weighted by Gasteiger charge is -2.19. The number of rotatable bonds is 14. The van der Waals surface area contributed by atoms with Gasteiger partial charge in [0.05, 0.1) is 51.2 Å². The molecule has 0 saturated carbocycles. The van der Waals surface area contributed by atoms with Gasteiger partial charge in [-0.25, -0.2) is 4.98 Å². The molecule has 0 spiro atoms. The first-order valence-corrected chi connectivity index (χ1v) is 13.1. The highest BCUT2D eigenvalue weighted by Crippen LogP contribution is 2.32. The standard InChI is InChI=1S/C27H35N3O7S/c1-7-24(25(31)28-11-13-33-2)38-27-29-19-16-23(37-6)22(36-5)15-18(19)26(32)30(27)12-10-17-8-9-20(34-3)21(14-17)35-4/h8-9,14-16,24H,7,10-13H2,1-6H3,(H,28,31). The molecule has 0 bridgehead atoms. The Morgan fingerprint density at radius 3 is 2.26 bits per heavy atom. The summed E-state index contributed by atoms with van der Waals surface area (Å²) < 4.78 is 28.2. The largest absolute Gasteiger partial charge is 0.493 e. The van der Waals surface area contributed by atoms with Gasteiger partial charge in [-0.15, -0.1) is 0 Å². The number of carbonyl (C=O) groups excluding carboxylic acids is 1. The molecule has 0 radical (unpaired) electrons. The molecule has 206 valence electrons. The molecule has 38 heavy (non-hydrogen) atoms. The zero-order valence-electron chi connectivity index (χ0n) is 22.7. The van der Waals surface area contributed by atoms with Crippen LogP contribution in [0.1, 0.15) is 18.9 Å². The van der Waals surface area contributed by atoms with E-state index in [-0.39, 0.29) is 11.5 Å². The van der Waals surface area contributed by atoms with E-state index in [0.29, 0.717) is 71.6 Å². The third kappa shape index (κ3) is 6.70. The number of ether oxygens (including phenoxy) is 5. The van der Waals surface area contributed by atoms with Gasteiger partial charge >= 0.3 is 0 Å². The lowest BCUT2D eigenvalue weighted by atomic mass is 10.1. The minimum atomic E-state index is -0.441. The monoisotopic (exact) mass is 545 g/mol. The number of amides is 1. The molecule has 0 fully saturated rings. The predicted octanol–water partition coefficient (Wildman–Crippen LogP) is 3.31. The maximum absolute atomic E-state index is 13.8. The van der Waals surface area contributed by atoms with E-state index in [2.05, 4.69) is 5.32 Å². The zero-order chi connectivity index (χ0) is 27.7. The van der Waals surface area contributed by atoms with Gasteiger partial charge in [0, 0.05) is 26.3 Å². The number of aromatic nitrogens is 2. The van der Waals surface area contributed by atoms with Crippen molar-refractivity contribution in [3.05, 3.63) is 46.2 Å². The number of thioether (sulfide) groups is 1. The quantitative estimate of drug-likeness (QED) is 0.185. The Morgan fingerprint density at radius 2 is 1.63 bits per heavy atom. The lowest BCUT2D eigenvalue weighted by molar-refractivity contribution is -0.120. The van der Waals surface area contributed by atoms with E-state index >= 15 is 0 Å². The smallest absolute Gasteiger partial charge is 0.262 e. The second-order valence-corrected chi connectivity index (χ2v) is 9.48. The zero-order valence-corrected chi connectivity index (χ0v) is 23.5. The van der Waals surface area contributed by atoms with Crippen molar-refractivity contribution in [3.8, 4) is 23.0 Å². The molecule has 1 unspecified atom stereocenters. The fourth-order valence-corrected chi connectivity index (χ4v) is 5.00. The molecule has 0 aliphatic heterocycles. The topological polar surface area (TPSA) is 110 Å². The van der Waals surface area contributed by atoms with Crippen molar-refractivity contribution in [2.45, 2.75) is 36.7 Å². The van der Waals surface area contributed by atoms with E-state index in [1.54, 1.807) is 38.0 Å². The highest BCUT2D eigenvalue weighted by Gasteiger charge is 2.23. The molecule has 3 aromatic rings. The summed E-state index contributed by atoms with van der Waals surface area (Å²) in [7, 11) is 7.79. The summed E-state index contributed by atoms with van der Waals surface area (Å²) in [5, 5.41) is 3.29. The molecule has 1 amide bonds. The summed E-state index contributed by atoms with van der Waals surface area (Å²) in [5.74, 6) is 2.01. The number of methoxy groups -OCH3 is 5. The molecule has 1 N–H and O–H groups in total. The Bertz CT molecular complexity index is 1310. The number of hydrogen-bond donors (Lipinski definition) is 1. The summed E-state index contributed by atoms with van der Waals surface area (Å²) in [4.78, 5) is 31.4. The van der Waals surface area contributed by atoms with Crippen molar-refractivity contribution >= 4 is 28.6 Å². The van der Waals surface area contributed by atoms with Crippen molar-refractivity contribution in [2.75, 3.05) is 48.7 Å². The van der Waals surface area contributed by atoms with Gasteiger partial charge in [0.25, 0.3) is 5.56 Å². The van der Waals surface area contributed by atoms with Crippen LogP contribution < -0.4 is 29.8 Å². The van der Waals surface area contributed by atoms with Crippen molar-refractivity contribution in [1.82, 2.24) is 14.9 Å². The predicted molar refractivity (Wildman–Crippen MR) is 147 cm³/mol. The summed E-state index contributed by atoms with van der Waals surface area (Å²) in [6.45, 7) is 3.09. The SMILES string of the molecule is CCC(Sc1nc2cc(OC)c(OC)cc2c(=O)n1CCc1ccc(OC)c(OC)c1)C(=O)NCCOC. The third-order valence-corrected chi connectivity index (χ3v) is 7.37. The van der Waals surface area contributed by atoms with Gasteiger partial charge in [-0.1, -0.05) is 24.8 Å². The average molecular weight is 546 g/mol. The van der Waals surface area contributed by atoms with Gasteiger partial charge < -0.3 is 29.0 Å². The van der Waals surface area contributed by atoms with Crippen LogP contribution in [0.15, 0.2) is 40.3 Å². The molecule has 1 aromatic heterocycles. The Hall–Kier alpha value is -3.44. The van der Waals surface area contributed by atoms with E-state index in [9.17, 15) is 9.59 Å². The number of nitrogens with one attached hydrogen (secondary N) is 1. The Kier molecular flexibility index (Phi) is 10.7. The van der Waals surface area contributed by atoms with Gasteiger partial charge in [-0.3, -0.25) is 14.2 Å². The number of nitrogens with zero attached hydrogens (tertiary/aromatic N) is 2. The minimum absolute atomic E-state index is 0.136. The Morgan fingerprint density at radius 1 is 0.974 bits per heavy atom. The molecular weight excluding hydrogens is 510 g/mol. The van der Waals surface area contributed by atoms with Crippen LogP contribution in [0.2, 0.25) is 0 Å². The van der Waals surface area contributed by atoms with E-state index in [0.717, 1.165) is 5.56 Å². The highest BCUT2D eigenvalue weighted by atomic mass is 32.2.